The highest BCUT2D eigenvalue weighted by molar-refractivity contribution is 8.00. The molecule has 130 valence electrons. The third kappa shape index (κ3) is 5.84. The molecule has 0 aliphatic rings. The molecular formula is C20H22N2O2S. The van der Waals surface area contributed by atoms with Crippen LogP contribution in [0.2, 0.25) is 0 Å². The van der Waals surface area contributed by atoms with E-state index in [9.17, 15) is 4.79 Å². The van der Waals surface area contributed by atoms with Gasteiger partial charge in [-0.15, -0.1) is 11.8 Å². The highest BCUT2D eigenvalue weighted by Crippen LogP contribution is 2.23. The number of carbonyl (C=O) groups excluding carboxylic acids is 1. The van der Waals surface area contributed by atoms with Gasteiger partial charge in [-0.2, -0.15) is 5.26 Å². The zero-order valence-corrected chi connectivity index (χ0v) is 15.4. The summed E-state index contributed by atoms with van der Waals surface area (Å²) < 4.78 is 5.44. The Labute approximate surface area is 153 Å². The van der Waals surface area contributed by atoms with Gasteiger partial charge in [-0.1, -0.05) is 17.7 Å². The summed E-state index contributed by atoms with van der Waals surface area (Å²) in [5, 5.41) is 8.88. The predicted molar refractivity (Wildman–Crippen MR) is 102 cm³/mol. The van der Waals surface area contributed by atoms with E-state index in [2.05, 4.69) is 6.07 Å². The molecule has 0 saturated heterocycles. The summed E-state index contributed by atoms with van der Waals surface area (Å²) in [7, 11) is 0. The number of benzene rings is 2. The topological polar surface area (TPSA) is 53.3 Å². The lowest BCUT2D eigenvalue weighted by Gasteiger charge is -2.22. The van der Waals surface area contributed by atoms with Gasteiger partial charge in [0, 0.05) is 17.1 Å². The summed E-state index contributed by atoms with van der Waals surface area (Å²) in [5.41, 5.74) is 1.98. The average molecular weight is 354 g/mol. The molecule has 0 aromatic heterocycles. The number of ether oxygens (including phenoxy) is 1. The smallest absolute Gasteiger partial charge is 0.237 e. The van der Waals surface area contributed by atoms with Crippen molar-refractivity contribution in [2.75, 3.05) is 23.8 Å². The molecule has 0 aliphatic heterocycles. The second-order valence-electron chi connectivity index (χ2n) is 5.48. The quantitative estimate of drug-likeness (QED) is 0.658. The summed E-state index contributed by atoms with van der Waals surface area (Å²) in [6, 6.07) is 17.6. The van der Waals surface area contributed by atoms with Gasteiger partial charge in [-0.25, -0.2) is 0 Å². The largest absolute Gasteiger partial charge is 0.494 e. The third-order valence-electron chi connectivity index (χ3n) is 3.59. The molecule has 0 N–H and O–H groups in total. The van der Waals surface area contributed by atoms with Crippen LogP contribution in [0.3, 0.4) is 0 Å². The van der Waals surface area contributed by atoms with Crippen molar-refractivity contribution in [3.63, 3.8) is 0 Å². The molecule has 0 heterocycles. The van der Waals surface area contributed by atoms with E-state index in [-0.39, 0.29) is 5.91 Å². The van der Waals surface area contributed by atoms with Gasteiger partial charge in [0.1, 0.15) is 5.75 Å². The zero-order valence-electron chi connectivity index (χ0n) is 14.6. The van der Waals surface area contributed by atoms with E-state index in [0.717, 1.165) is 16.3 Å². The molecule has 4 nitrogen and oxygen atoms in total. The van der Waals surface area contributed by atoms with Gasteiger partial charge in [-0.3, -0.25) is 4.79 Å². The van der Waals surface area contributed by atoms with Crippen molar-refractivity contribution >= 4 is 23.4 Å². The maximum absolute atomic E-state index is 12.7. The lowest BCUT2D eigenvalue weighted by atomic mass is 10.2. The van der Waals surface area contributed by atoms with Crippen LogP contribution < -0.4 is 9.64 Å². The monoisotopic (exact) mass is 354 g/mol. The van der Waals surface area contributed by atoms with Crippen molar-refractivity contribution in [1.29, 1.82) is 5.26 Å². The van der Waals surface area contributed by atoms with Crippen LogP contribution >= 0.6 is 11.8 Å². The van der Waals surface area contributed by atoms with Crippen LogP contribution in [0.1, 0.15) is 18.9 Å². The van der Waals surface area contributed by atoms with Gasteiger partial charge in [0.2, 0.25) is 5.91 Å². The first kappa shape index (κ1) is 18.9. The molecule has 5 heteroatoms. The highest BCUT2D eigenvalue weighted by Gasteiger charge is 2.16. The fourth-order valence-electron chi connectivity index (χ4n) is 2.31. The molecule has 2 aromatic carbocycles. The molecule has 0 spiro atoms. The van der Waals surface area contributed by atoms with E-state index in [4.69, 9.17) is 10.00 Å². The molecule has 0 unspecified atom stereocenters. The van der Waals surface area contributed by atoms with E-state index in [0.29, 0.717) is 25.3 Å². The van der Waals surface area contributed by atoms with E-state index >= 15 is 0 Å². The van der Waals surface area contributed by atoms with E-state index in [1.165, 1.54) is 17.3 Å². The van der Waals surface area contributed by atoms with Crippen LogP contribution in [0.15, 0.2) is 53.4 Å². The van der Waals surface area contributed by atoms with Crippen molar-refractivity contribution < 1.29 is 9.53 Å². The van der Waals surface area contributed by atoms with E-state index in [1.54, 1.807) is 4.90 Å². The van der Waals surface area contributed by atoms with Crippen LogP contribution in [0.5, 0.6) is 5.75 Å². The predicted octanol–water partition coefficient (Wildman–Crippen LogP) is 4.43. The molecular weight excluding hydrogens is 332 g/mol. The van der Waals surface area contributed by atoms with Gasteiger partial charge in [0.25, 0.3) is 0 Å². The number of amides is 1. The average Bonchev–Trinajstić information content (AvgIpc) is 2.63. The maximum atomic E-state index is 12.7. The summed E-state index contributed by atoms with van der Waals surface area (Å²) >= 11 is 1.51. The van der Waals surface area contributed by atoms with Crippen LogP contribution in [0.25, 0.3) is 0 Å². The highest BCUT2D eigenvalue weighted by atomic mass is 32.2. The molecule has 25 heavy (non-hydrogen) atoms. The number of rotatable bonds is 8. The maximum Gasteiger partial charge on any atom is 0.237 e. The number of anilines is 1. The number of hydrogen-bond donors (Lipinski definition) is 0. The first-order valence-electron chi connectivity index (χ1n) is 8.23. The Balaban J connectivity index is 2.05. The molecule has 2 rings (SSSR count). The first-order chi connectivity index (χ1) is 12.1. The van der Waals surface area contributed by atoms with E-state index in [1.807, 2.05) is 62.4 Å². The first-order valence-corrected chi connectivity index (χ1v) is 9.22. The van der Waals surface area contributed by atoms with Crippen molar-refractivity contribution in [2.45, 2.75) is 25.2 Å². The van der Waals surface area contributed by atoms with Crippen molar-refractivity contribution in [3.8, 4) is 11.8 Å². The fraction of sp³-hybridized carbons (Fsp3) is 0.300. The minimum atomic E-state index is -0.00927. The van der Waals surface area contributed by atoms with Crippen molar-refractivity contribution in [3.05, 3.63) is 54.1 Å². The third-order valence-corrected chi connectivity index (χ3v) is 4.59. The minimum absolute atomic E-state index is 0.00927. The second kappa shape index (κ2) is 9.75. The Morgan fingerprint density at radius 3 is 2.44 bits per heavy atom. The van der Waals surface area contributed by atoms with Crippen LogP contribution in [0.4, 0.5) is 5.69 Å². The Morgan fingerprint density at radius 1 is 1.16 bits per heavy atom. The van der Waals surface area contributed by atoms with Gasteiger partial charge in [-0.05, 0) is 50.2 Å². The van der Waals surface area contributed by atoms with Gasteiger partial charge in [0.05, 0.1) is 24.8 Å². The number of aryl methyl sites for hydroxylation is 1. The number of nitrogens with zero attached hydrogens (tertiary/aromatic N) is 2. The fourth-order valence-corrected chi connectivity index (χ4v) is 3.08. The molecule has 0 radical (unpaired) electrons. The zero-order chi connectivity index (χ0) is 18.1. The lowest BCUT2D eigenvalue weighted by molar-refractivity contribution is -0.116. The number of hydrogen-bond acceptors (Lipinski definition) is 4. The number of thioether (sulfide) groups is 1. The molecule has 1 amide bonds. The Morgan fingerprint density at radius 2 is 1.84 bits per heavy atom. The molecule has 0 saturated carbocycles. The summed E-state index contributed by atoms with van der Waals surface area (Å²) in [4.78, 5) is 15.4. The number of carbonyl (C=O) groups is 1. The molecule has 0 bridgehead atoms. The van der Waals surface area contributed by atoms with E-state index < -0.39 is 0 Å². The Hall–Kier alpha value is -2.45. The second-order valence-corrected chi connectivity index (χ2v) is 6.53. The summed E-state index contributed by atoms with van der Waals surface area (Å²) in [6.07, 6.45) is 0.300. The van der Waals surface area contributed by atoms with Crippen molar-refractivity contribution in [1.82, 2.24) is 0 Å². The molecule has 0 aliphatic carbocycles. The van der Waals surface area contributed by atoms with Crippen LogP contribution in [-0.2, 0) is 4.79 Å². The van der Waals surface area contributed by atoms with Gasteiger partial charge in [0.15, 0.2) is 0 Å². The van der Waals surface area contributed by atoms with Crippen molar-refractivity contribution in [2.24, 2.45) is 0 Å². The molecule has 0 fully saturated rings. The summed E-state index contributed by atoms with van der Waals surface area (Å²) in [6.45, 7) is 4.95. The normalized spacial score (nSPS) is 10.1. The minimum Gasteiger partial charge on any atom is -0.494 e. The Kier molecular flexibility index (Phi) is 7.36. The summed E-state index contributed by atoms with van der Waals surface area (Å²) in [5.74, 6) is 1.10. The standard InChI is InChI=1S/C20H22N2O2S/c1-3-24-18-9-7-17(8-10-18)22(14-4-13-21)20(23)15-25-19-11-5-16(2)6-12-19/h5-12H,3-4,14-15H2,1-2H3. The van der Waals surface area contributed by atoms with Gasteiger partial charge < -0.3 is 9.64 Å². The molecule has 2 aromatic rings. The Bertz CT molecular complexity index is 721. The van der Waals surface area contributed by atoms with Crippen LogP contribution in [-0.4, -0.2) is 24.8 Å². The van der Waals surface area contributed by atoms with Crippen LogP contribution in [0, 0.1) is 18.3 Å². The molecule has 0 atom stereocenters. The lowest BCUT2D eigenvalue weighted by Crippen LogP contribution is -2.33. The van der Waals surface area contributed by atoms with Gasteiger partial charge >= 0.3 is 0 Å². The SMILES string of the molecule is CCOc1ccc(N(CCC#N)C(=O)CSc2ccc(C)cc2)cc1. The number of nitriles is 1.